The van der Waals surface area contributed by atoms with Crippen LogP contribution in [-0.2, 0) is 24.0 Å². The predicted octanol–water partition coefficient (Wildman–Crippen LogP) is 20.0. The number of carbonyl (C=O) groups is 4. The second-order valence-electron chi connectivity index (χ2n) is 20.7. The Morgan fingerprint density at radius 1 is 0.604 bits per heavy atom. The number of aliphatic imine (C=N–C) groups is 1. The van der Waals surface area contributed by atoms with Crippen molar-refractivity contribution >= 4 is 192 Å². The van der Waals surface area contributed by atoms with Gasteiger partial charge in [0, 0.05) is 18.3 Å². The number of anilines is 1. The number of nitrogens with zero attached hydrogens (tertiary/aromatic N) is 3. The molecule has 0 saturated carbocycles. The van der Waals surface area contributed by atoms with E-state index in [4.69, 9.17) is 37.8 Å². The van der Waals surface area contributed by atoms with E-state index < -0.39 is 42.3 Å². The minimum absolute atomic E-state index is 0. The molecule has 2 fully saturated rings. The van der Waals surface area contributed by atoms with Gasteiger partial charge in [-0.25, -0.2) is 37.0 Å². The first-order valence-corrected chi connectivity index (χ1v) is 43.2. The predicted molar refractivity (Wildman–Crippen MR) is 424 cm³/mol. The molecule has 0 radical (unpaired) electrons. The summed E-state index contributed by atoms with van der Waals surface area (Å²) in [6, 6.07) is 55.7. The van der Waals surface area contributed by atoms with Crippen LogP contribution in [0, 0.1) is 36.1 Å². The molecule has 2 saturated heterocycles. The fourth-order valence-electron chi connectivity index (χ4n) is 9.77. The Labute approximate surface area is 641 Å². The van der Waals surface area contributed by atoms with Gasteiger partial charge in [0.15, 0.2) is 0 Å². The van der Waals surface area contributed by atoms with Crippen molar-refractivity contribution in [2.45, 2.75) is 76.1 Å². The summed E-state index contributed by atoms with van der Waals surface area (Å²) in [4.78, 5) is 58.4. The first kappa shape index (κ1) is 89.7. The summed E-state index contributed by atoms with van der Waals surface area (Å²) >= 11 is 16.9. The molecular formula is C69H76Cl2F4I3N4O8S5V. The van der Waals surface area contributed by atoms with Gasteiger partial charge < -0.3 is 25.0 Å². The van der Waals surface area contributed by atoms with Crippen LogP contribution in [0.2, 0.25) is 0 Å². The number of alkyl halides is 2. The minimum atomic E-state index is -0.779. The number of amides is 4. The quantitative estimate of drug-likeness (QED) is 0.0329. The molecule has 10 rings (SSSR count). The Morgan fingerprint density at radius 2 is 1.02 bits per heavy atom. The zero-order chi connectivity index (χ0) is 65.8. The number of ether oxygens (including phenoxy) is 2. The molecule has 4 amide bonds. The number of phenols is 1. The maximum atomic E-state index is 14.5. The molecule has 0 bridgehead atoms. The number of hydrogen-bond acceptors (Lipinski definition) is 10. The summed E-state index contributed by atoms with van der Waals surface area (Å²) in [5, 5.41) is 22.9. The maximum absolute atomic E-state index is 14.5. The van der Waals surface area contributed by atoms with Crippen molar-refractivity contribution in [1.82, 2.24) is 9.80 Å². The van der Waals surface area contributed by atoms with E-state index in [1.807, 2.05) is 98.8 Å². The van der Waals surface area contributed by atoms with Crippen LogP contribution in [0.15, 0.2) is 211 Å². The molecule has 3 N–H and O–H groups in total. The molecule has 6 atom stereocenters. The van der Waals surface area contributed by atoms with Crippen LogP contribution >= 0.6 is 151 Å². The summed E-state index contributed by atoms with van der Waals surface area (Å²) in [7, 11) is 0. The third-order valence-corrected chi connectivity index (χ3v) is 14.5. The van der Waals surface area contributed by atoms with E-state index >= 15 is 0 Å². The van der Waals surface area contributed by atoms with E-state index in [0.29, 0.717) is 42.6 Å². The van der Waals surface area contributed by atoms with Crippen molar-refractivity contribution in [1.29, 1.82) is 0 Å². The molecule has 0 aliphatic carbocycles. The number of halogens is 9. The Bertz CT molecular complexity index is 3520. The van der Waals surface area contributed by atoms with Crippen molar-refractivity contribution in [2.75, 3.05) is 23.9 Å². The van der Waals surface area contributed by atoms with Crippen LogP contribution in [0.4, 0.5) is 38.5 Å². The SMILES string of the molecule is Cc1ccc([C@@H](Nc2ccc(F)cc2)[C@@H](CC[C@H](C)c2ccc(F)cc2)C(=O)N2C(=O)OC[C@@H]2c2ccccc2)cc1.ClCCl.O=C(CCC[C@H](O)c1ccc(F)cc1)N1C(=O)OC[C@@H]1c1ccccc1.Oc1ccc(C=Nc2ccc(F)cc2)cc1.S.S.S.S.S.[I][V]([I])[I]. The molecule has 8 aromatic carbocycles. The van der Waals surface area contributed by atoms with Gasteiger partial charge in [-0.15, -0.1) is 23.2 Å². The topological polar surface area (TPSA) is 158 Å². The molecule has 0 spiro atoms. The van der Waals surface area contributed by atoms with Crippen LogP contribution in [0.3, 0.4) is 0 Å². The van der Waals surface area contributed by atoms with Gasteiger partial charge in [0.1, 0.15) is 54.3 Å². The molecular weight excluding hydrogens is 1750 g/mol. The van der Waals surface area contributed by atoms with E-state index in [9.17, 15) is 41.8 Å². The summed E-state index contributed by atoms with van der Waals surface area (Å²) in [5.74, 6) is -2.41. The van der Waals surface area contributed by atoms with E-state index in [1.54, 1.807) is 66.9 Å². The zero-order valence-corrected chi connectivity index (χ0v) is 66.2. The van der Waals surface area contributed by atoms with Crippen LogP contribution in [-0.4, -0.2) is 68.8 Å². The van der Waals surface area contributed by atoms with Crippen LogP contribution in [0.25, 0.3) is 0 Å². The fourth-order valence-corrected chi connectivity index (χ4v) is 9.77. The summed E-state index contributed by atoms with van der Waals surface area (Å²) in [5.41, 5.74) is 7.37. The van der Waals surface area contributed by atoms with E-state index in [0.717, 1.165) is 38.3 Å². The Hall–Kier alpha value is -4.31. The zero-order valence-electron chi connectivity index (χ0n) is 51.9. The second kappa shape index (κ2) is 47.7. The summed E-state index contributed by atoms with van der Waals surface area (Å²) in [6.45, 7) is 4.25. The van der Waals surface area contributed by atoms with Crippen molar-refractivity contribution < 1.29 is 61.3 Å². The standard InChI is InChI=1S/C35H34F2N2O3.C20H20FNO4.C13H10FNO.CH2Cl2.3HI.5H2S.V/c1-23-8-11-27(12-9-23)33(38-30-19-17-29(37)18-20-30)31(21-10-24(2)25-13-15-28(36)16-14-25)34(40)39-32(22-42-35(39)41)26-6-4-3-5-7-26;21-16-11-9-15(10-12-16)18(23)7-4-8-19(24)22-17(13-26-20(22)25)14-5-2-1-3-6-14;14-11-3-5-12(6-4-11)15-9-10-1-7-13(16)8-2-10;2-1-3;;;;;;;;;/h3-9,11-20,24,31-33,38H,10,21-22H2,1-2H3;1-3,5-6,9-12,17-18,23H,4,7-8,13H2;1-9,16H;1H2;3*1H;5*1H2;/q;;;;;;;;;;;;+3/p-3/t24-,31+,32+,33+;17-,18+;;;;;;;;;;;/m01.........../s1. The first-order chi connectivity index (χ1) is 43.7. The number of phenolic OH excluding ortho intramolecular Hbond substituents is 1. The summed E-state index contributed by atoms with van der Waals surface area (Å²) in [6.07, 6.45) is 1.48. The van der Waals surface area contributed by atoms with E-state index in [1.165, 1.54) is 65.6 Å². The Kier molecular flexibility index (Phi) is 44.6. The van der Waals surface area contributed by atoms with Gasteiger partial charge in [-0.05, 0) is 169 Å². The number of nitrogens with one attached hydrogen (secondary N) is 1. The number of aliphatic hydroxyl groups is 1. The van der Waals surface area contributed by atoms with E-state index in [-0.39, 0.29) is 144 Å². The van der Waals surface area contributed by atoms with Crippen molar-refractivity contribution in [2.24, 2.45) is 10.9 Å². The summed E-state index contributed by atoms with van der Waals surface area (Å²) < 4.78 is 63.3. The van der Waals surface area contributed by atoms with Gasteiger partial charge in [0.2, 0.25) is 11.8 Å². The van der Waals surface area contributed by atoms with Gasteiger partial charge in [0.05, 0.1) is 29.1 Å². The Morgan fingerprint density at radius 3 is 1.50 bits per heavy atom. The number of rotatable bonds is 18. The second-order valence-corrected chi connectivity index (χ2v) is 56.9. The van der Waals surface area contributed by atoms with Gasteiger partial charge >= 0.3 is 77.0 Å². The van der Waals surface area contributed by atoms with Crippen molar-refractivity contribution in [3.05, 3.63) is 268 Å². The molecule has 96 heavy (non-hydrogen) atoms. The molecule has 2 aliphatic heterocycles. The molecule has 0 aromatic heterocycles. The number of cyclic esters (lactones) is 2. The van der Waals surface area contributed by atoms with Gasteiger partial charge in [0.25, 0.3) is 0 Å². The fraction of sp³-hybridized carbons (Fsp3) is 0.232. The number of imide groups is 2. The first-order valence-electron chi connectivity index (χ1n) is 28.6. The monoisotopic (exact) mass is 1830 g/mol. The number of carbonyl (C=O) groups excluding carboxylic acids is 4. The van der Waals surface area contributed by atoms with Crippen LogP contribution in [0.1, 0.15) is 108 Å². The average molecular weight is 1830 g/mol. The molecule has 518 valence electrons. The average Bonchev–Trinajstić information content (AvgIpc) is 1.54. The number of benzene rings is 8. The van der Waals surface area contributed by atoms with Crippen molar-refractivity contribution in [3.8, 4) is 5.75 Å². The van der Waals surface area contributed by atoms with E-state index in [2.05, 4.69) is 70.2 Å². The normalized spacial score (nSPS) is 14.6. The molecule has 27 heteroatoms. The number of hydrogen-bond donors (Lipinski definition) is 3. The van der Waals surface area contributed by atoms with Crippen LogP contribution in [0.5, 0.6) is 5.75 Å². The number of aliphatic hydroxyl groups excluding tert-OH is 1. The molecule has 8 aromatic rings. The van der Waals surface area contributed by atoms with Crippen LogP contribution < -0.4 is 5.32 Å². The molecule has 0 unspecified atom stereocenters. The van der Waals surface area contributed by atoms with Gasteiger partial charge in [-0.2, -0.15) is 67.5 Å². The Balaban J connectivity index is 0.000000729. The molecule has 12 nitrogen and oxygen atoms in total. The van der Waals surface area contributed by atoms with Gasteiger partial charge in [-0.3, -0.25) is 14.6 Å². The van der Waals surface area contributed by atoms with Crippen molar-refractivity contribution in [3.63, 3.8) is 0 Å². The third-order valence-electron chi connectivity index (χ3n) is 14.5. The molecule has 2 aliphatic rings. The number of aryl methyl sites for hydroxylation is 1. The molecule has 2 heterocycles. The third kappa shape index (κ3) is 29.9. The van der Waals surface area contributed by atoms with Gasteiger partial charge in [-0.1, -0.05) is 122 Å². The number of aromatic hydroxyl groups is 1.